The van der Waals surface area contributed by atoms with Crippen LogP contribution in [0.3, 0.4) is 0 Å². The van der Waals surface area contributed by atoms with Gasteiger partial charge in [-0.05, 0) is 65.0 Å². The second-order valence-electron chi connectivity index (χ2n) is 6.62. The number of rotatable bonds is 3. The molecule has 0 bridgehead atoms. The highest BCUT2D eigenvalue weighted by molar-refractivity contribution is 9.10. The minimum atomic E-state index is -3.73. The zero-order valence-corrected chi connectivity index (χ0v) is 16.7. The van der Waals surface area contributed by atoms with E-state index in [-0.39, 0.29) is 16.8 Å². The number of fused-ring (bicyclic) bond motifs is 1. The number of carbonyl (C=O) groups excluding carboxylic acids is 1. The molecular weight excluding hydrogens is 420 g/mol. The summed E-state index contributed by atoms with van der Waals surface area (Å²) >= 11 is 3.43. The van der Waals surface area contributed by atoms with Crippen molar-refractivity contribution in [2.24, 2.45) is 0 Å². The molecule has 3 heterocycles. The van der Waals surface area contributed by atoms with Crippen molar-refractivity contribution in [3.8, 4) is 0 Å². The third-order valence-corrected chi connectivity index (χ3v) is 7.94. The Balaban J connectivity index is 1.77. The molecule has 2 aromatic rings. The molecule has 1 aromatic heterocycles. The van der Waals surface area contributed by atoms with Gasteiger partial charge in [0.25, 0.3) is 0 Å². The maximum absolute atomic E-state index is 13.4. The fourth-order valence-corrected chi connectivity index (χ4v) is 6.57. The number of sulfonamides is 1. The van der Waals surface area contributed by atoms with E-state index in [1.54, 1.807) is 23.3 Å². The molecule has 4 rings (SSSR count). The van der Waals surface area contributed by atoms with Gasteiger partial charge in [0.2, 0.25) is 15.9 Å². The summed E-state index contributed by atoms with van der Waals surface area (Å²) < 4.78 is 34.3. The maximum atomic E-state index is 13.4. The van der Waals surface area contributed by atoms with Crippen molar-refractivity contribution in [2.75, 3.05) is 18.0 Å². The van der Waals surface area contributed by atoms with Crippen LogP contribution in [-0.4, -0.2) is 31.7 Å². The van der Waals surface area contributed by atoms with Gasteiger partial charge in [-0.2, -0.15) is 4.31 Å². The van der Waals surface area contributed by atoms with Gasteiger partial charge < -0.3 is 9.32 Å². The van der Waals surface area contributed by atoms with Gasteiger partial charge in [-0.25, -0.2) is 8.42 Å². The van der Waals surface area contributed by atoms with E-state index in [9.17, 15) is 13.2 Å². The van der Waals surface area contributed by atoms with Crippen LogP contribution in [0.1, 0.15) is 37.1 Å². The highest BCUT2D eigenvalue weighted by Crippen LogP contribution is 2.41. The molecule has 0 saturated carbocycles. The standard InChI is InChI=1S/C18H19BrN2O4S/c1-12(22)20-8-6-13-10-14(19)18(11-16(13)20)26(23,24)21-7-2-4-15(21)17-5-3-9-25-17/h3,5,9-11,15H,2,4,6-8H2,1H3. The highest BCUT2D eigenvalue weighted by Gasteiger charge is 2.39. The summed E-state index contributed by atoms with van der Waals surface area (Å²) in [5.74, 6) is 0.581. The number of hydrogen-bond acceptors (Lipinski definition) is 4. The third kappa shape index (κ3) is 2.80. The average molecular weight is 439 g/mol. The molecule has 1 saturated heterocycles. The van der Waals surface area contributed by atoms with Crippen LogP contribution in [0.15, 0.2) is 44.3 Å². The van der Waals surface area contributed by atoms with Crippen LogP contribution in [0.2, 0.25) is 0 Å². The first-order chi connectivity index (χ1) is 12.4. The van der Waals surface area contributed by atoms with E-state index in [1.807, 2.05) is 12.1 Å². The Labute approximate surface area is 161 Å². The summed E-state index contributed by atoms with van der Waals surface area (Å²) in [6.45, 7) is 2.53. The smallest absolute Gasteiger partial charge is 0.244 e. The van der Waals surface area contributed by atoms with Crippen molar-refractivity contribution < 1.29 is 17.6 Å². The molecule has 1 aromatic carbocycles. The van der Waals surface area contributed by atoms with Crippen LogP contribution < -0.4 is 4.90 Å². The van der Waals surface area contributed by atoms with Crippen LogP contribution in [0.4, 0.5) is 5.69 Å². The van der Waals surface area contributed by atoms with Crippen molar-refractivity contribution in [1.82, 2.24) is 4.31 Å². The minimum Gasteiger partial charge on any atom is -0.468 e. The predicted molar refractivity (Wildman–Crippen MR) is 100 cm³/mol. The Morgan fingerprint density at radius 2 is 2.12 bits per heavy atom. The number of nitrogens with zero attached hydrogens (tertiary/aromatic N) is 2. The maximum Gasteiger partial charge on any atom is 0.244 e. The Morgan fingerprint density at radius 3 is 2.81 bits per heavy atom. The fourth-order valence-electron chi connectivity index (χ4n) is 3.83. The van der Waals surface area contributed by atoms with Crippen molar-refractivity contribution in [2.45, 2.75) is 37.1 Å². The predicted octanol–water partition coefficient (Wildman–Crippen LogP) is 3.48. The molecule has 8 heteroatoms. The molecular formula is C18H19BrN2O4S. The largest absolute Gasteiger partial charge is 0.468 e. The fraction of sp³-hybridized carbons (Fsp3) is 0.389. The van der Waals surface area contributed by atoms with E-state index in [4.69, 9.17) is 4.42 Å². The van der Waals surface area contributed by atoms with Gasteiger partial charge in [0.15, 0.2) is 0 Å². The molecule has 26 heavy (non-hydrogen) atoms. The molecule has 1 amide bonds. The highest BCUT2D eigenvalue weighted by atomic mass is 79.9. The molecule has 2 aliphatic heterocycles. The van der Waals surface area contributed by atoms with E-state index < -0.39 is 10.0 Å². The molecule has 0 spiro atoms. The summed E-state index contributed by atoms with van der Waals surface area (Å²) in [5, 5.41) is 0. The number of anilines is 1. The molecule has 138 valence electrons. The summed E-state index contributed by atoms with van der Waals surface area (Å²) in [5.41, 5.74) is 1.67. The lowest BCUT2D eigenvalue weighted by Crippen LogP contribution is -2.31. The first kappa shape index (κ1) is 17.8. The topological polar surface area (TPSA) is 70.8 Å². The lowest BCUT2D eigenvalue weighted by Gasteiger charge is -2.24. The molecule has 6 nitrogen and oxygen atoms in total. The number of benzene rings is 1. The van der Waals surface area contributed by atoms with E-state index in [0.717, 1.165) is 24.8 Å². The zero-order valence-electron chi connectivity index (χ0n) is 14.3. The van der Waals surface area contributed by atoms with Crippen LogP contribution in [0.5, 0.6) is 0 Å². The van der Waals surface area contributed by atoms with Crippen molar-refractivity contribution in [1.29, 1.82) is 0 Å². The van der Waals surface area contributed by atoms with Crippen molar-refractivity contribution in [3.63, 3.8) is 0 Å². The van der Waals surface area contributed by atoms with Crippen LogP contribution in [0.25, 0.3) is 0 Å². The van der Waals surface area contributed by atoms with E-state index >= 15 is 0 Å². The van der Waals surface area contributed by atoms with Crippen LogP contribution in [0, 0.1) is 0 Å². The zero-order chi connectivity index (χ0) is 18.5. The lowest BCUT2D eigenvalue weighted by molar-refractivity contribution is -0.116. The summed E-state index contributed by atoms with van der Waals surface area (Å²) in [6, 6.07) is 6.74. The number of carbonyl (C=O) groups is 1. The summed E-state index contributed by atoms with van der Waals surface area (Å²) in [7, 11) is -3.73. The SMILES string of the molecule is CC(=O)N1CCc2cc(Br)c(S(=O)(=O)N3CCCC3c3ccco3)cc21. The van der Waals surface area contributed by atoms with Gasteiger partial charge in [0.05, 0.1) is 17.2 Å². The Kier molecular flexibility index (Phi) is 4.45. The molecule has 1 atom stereocenters. The second-order valence-corrected chi connectivity index (χ2v) is 9.33. The Morgan fingerprint density at radius 1 is 1.31 bits per heavy atom. The molecule has 0 N–H and O–H groups in total. The first-order valence-electron chi connectivity index (χ1n) is 8.55. The normalized spacial score (nSPS) is 20.5. The van der Waals surface area contributed by atoms with E-state index in [0.29, 0.717) is 29.0 Å². The molecule has 1 fully saturated rings. The van der Waals surface area contributed by atoms with Gasteiger partial charge in [-0.3, -0.25) is 4.79 Å². The Bertz CT molecular complexity index is 956. The third-order valence-electron chi connectivity index (χ3n) is 5.07. The van der Waals surface area contributed by atoms with Crippen molar-refractivity contribution in [3.05, 3.63) is 46.3 Å². The number of amides is 1. The molecule has 0 radical (unpaired) electrons. The number of furan rings is 1. The van der Waals surface area contributed by atoms with Crippen LogP contribution in [-0.2, 0) is 21.2 Å². The lowest BCUT2D eigenvalue weighted by atomic mass is 10.2. The van der Waals surface area contributed by atoms with Gasteiger partial charge in [0.1, 0.15) is 5.76 Å². The molecule has 2 aliphatic rings. The summed E-state index contributed by atoms with van der Waals surface area (Å²) in [6.07, 6.45) is 3.81. The monoisotopic (exact) mass is 438 g/mol. The first-order valence-corrected chi connectivity index (χ1v) is 10.8. The number of hydrogen-bond donors (Lipinski definition) is 0. The summed E-state index contributed by atoms with van der Waals surface area (Å²) in [4.78, 5) is 13.7. The van der Waals surface area contributed by atoms with Gasteiger partial charge in [-0.1, -0.05) is 0 Å². The molecule has 0 aliphatic carbocycles. The average Bonchev–Trinajstić information content (AvgIpc) is 3.32. The van der Waals surface area contributed by atoms with E-state index in [2.05, 4.69) is 15.9 Å². The van der Waals surface area contributed by atoms with Gasteiger partial charge >= 0.3 is 0 Å². The minimum absolute atomic E-state index is 0.0796. The quantitative estimate of drug-likeness (QED) is 0.735. The van der Waals surface area contributed by atoms with Gasteiger partial charge in [0, 0.05) is 30.2 Å². The van der Waals surface area contributed by atoms with Crippen LogP contribution >= 0.6 is 15.9 Å². The van der Waals surface area contributed by atoms with E-state index in [1.165, 1.54) is 11.2 Å². The van der Waals surface area contributed by atoms with Gasteiger partial charge in [-0.15, -0.1) is 0 Å². The second kappa shape index (κ2) is 6.51. The molecule has 1 unspecified atom stereocenters. The number of halogens is 1. The Hall–Kier alpha value is -1.64. The van der Waals surface area contributed by atoms with Crippen molar-refractivity contribution >= 4 is 37.5 Å².